The number of aromatic nitrogens is 5. The fraction of sp³-hybridized carbons (Fsp3) is 0.345. The fourth-order valence-corrected chi connectivity index (χ4v) is 4.93. The molecule has 1 aromatic carbocycles. The summed E-state index contributed by atoms with van der Waals surface area (Å²) in [6.45, 7) is 4.48. The summed E-state index contributed by atoms with van der Waals surface area (Å²) in [5.74, 6) is 0.438. The predicted molar refractivity (Wildman–Crippen MR) is 155 cm³/mol. The Morgan fingerprint density at radius 3 is 2.68 bits per heavy atom. The Labute approximate surface area is 241 Å². The predicted octanol–water partition coefficient (Wildman–Crippen LogP) is 5.48. The number of hydrogen-bond acceptors (Lipinski definition) is 8. The molecule has 1 fully saturated rings. The number of nitrogens with zero attached hydrogens (tertiary/aromatic N) is 5. The van der Waals surface area contributed by atoms with Crippen LogP contribution in [0.5, 0.6) is 5.75 Å². The van der Waals surface area contributed by atoms with E-state index in [4.69, 9.17) is 9.84 Å². The van der Waals surface area contributed by atoms with Crippen LogP contribution in [0.25, 0.3) is 11.5 Å². The number of halogens is 2. The van der Waals surface area contributed by atoms with Crippen LogP contribution in [0, 0.1) is 18.6 Å². The lowest BCUT2D eigenvalue weighted by atomic mass is 10.1. The Balaban J connectivity index is 1.43. The number of ether oxygens (including phenoxy) is 1. The first-order valence-electron chi connectivity index (χ1n) is 13.4. The summed E-state index contributed by atoms with van der Waals surface area (Å²) in [7, 11) is 0. The molecule has 12 heteroatoms. The second kappa shape index (κ2) is 12.6. The molecule has 1 saturated carbocycles. The van der Waals surface area contributed by atoms with Gasteiger partial charge in [-0.05, 0) is 45.1 Å². The molecule has 0 unspecified atom stereocenters. The lowest BCUT2D eigenvalue weighted by Gasteiger charge is -2.11. The van der Waals surface area contributed by atoms with Crippen molar-refractivity contribution in [3.05, 3.63) is 76.9 Å². The Kier molecular flexibility index (Phi) is 8.77. The van der Waals surface area contributed by atoms with E-state index >= 15 is 0 Å². The first-order valence-corrected chi connectivity index (χ1v) is 14.8. The lowest BCUT2D eigenvalue weighted by molar-refractivity contribution is 0.0956. The summed E-state index contributed by atoms with van der Waals surface area (Å²) >= 11 is 1.65. The van der Waals surface area contributed by atoms with Gasteiger partial charge < -0.3 is 15.4 Å². The molecule has 3 heterocycles. The number of benzene rings is 1. The monoisotopic (exact) mass is 579 g/mol. The zero-order valence-electron chi connectivity index (χ0n) is 23.1. The zero-order chi connectivity index (χ0) is 28.9. The summed E-state index contributed by atoms with van der Waals surface area (Å²) in [5, 5.41) is 10.8. The lowest BCUT2D eigenvalue weighted by Crippen LogP contribution is -2.26. The smallest absolute Gasteiger partial charge is 0.254 e. The molecule has 9 nitrogen and oxygen atoms in total. The molecule has 0 spiro atoms. The highest BCUT2D eigenvalue weighted by Crippen LogP contribution is 2.43. The van der Waals surface area contributed by atoms with E-state index in [-0.39, 0.29) is 29.7 Å². The number of hydrogen-bond donors (Lipinski definition) is 2. The van der Waals surface area contributed by atoms with E-state index in [1.807, 2.05) is 13.2 Å². The van der Waals surface area contributed by atoms with E-state index in [0.29, 0.717) is 41.7 Å². The minimum atomic E-state index is -0.682. The van der Waals surface area contributed by atoms with Gasteiger partial charge in [-0.1, -0.05) is 0 Å². The van der Waals surface area contributed by atoms with Crippen molar-refractivity contribution in [3.8, 4) is 17.3 Å². The van der Waals surface area contributed by atoms with Gasteiger partial charge >= 0.3 is 0 Å². The summed E-state index contributed by atoms with van der Waals surface area (Å²) in [6, 6.07) is 5.80. The van der Waals surface area contributed by atoms with Crippen LogP contribution in [0.15, 0.2) is 42.9 Å². The molecular formula is C29H31F2N7O2S. The molecule has 5 rings (SSSR count). The maximum absolute atomic E-state index is 14.9. The van der Waals surface area contributed by atoms with Crippen LogP contribution in [0.1, 0.15) is 52.9 Å². The van der Waals surface area contributed by atoms with Gasteiger partial charge in [0.2, 0.25) is 0 Å². The molecule has 0 bridgehead atoms. The second-order valence-corrected chi connectivity index (χ2v) is 10.6. The summed E-state index contributed by atoms with van der Waals surface area (Å²) in [4.78, 5) is 25.9. The van der Waals surface area contributed by atoms with Crippen LogP contribution in [0.3, 0.4) is 0 Å². The molecule has 0 saturated heterocycles. The van der Waals surface area contributed by atoms with Crippen molar-refractivity contribution in [2.75, 3.05) is 30.5 Å². The number of rotatable bonds is 12. The Bertz CT molecular complexity index is 1540. The standard InChI is InChI=1S/C29H31F2N7O2S/c1-4-40-19-13-22(30)21(23(31)14-19)16-38-27(18-5-6-18)17(2)26(37-38)28-33-10-8-25(36-28)35-24-7-9-32-15-20(24)29(39)34-11-12-41-3/h7-10,13-15,18H,4-6,11-12,16H2,1-3H3,(H,34,39)(H,32,33,35,36). The third-order valence-electron chi connectivity index (χ3n) is 6.72. The molecule has 4 aromatic rings. The number of anilines is 2. The van der Waals surface area contributed by atoms with Crippen molar-refractivity contribution in [2.45, 2.75) is 39.2 Å². The molecule has 214 valence electrons. The van der Waals surface area contributed by atoms with E-state index in [9.17, 15) is 13.6 Å². The van der Waals surface area contributed by atoms with Crippen molar-refractivity contribution in [1.82, 2.24) is 30.0 Å². The SMILES string of the molecule is CCOc1cc(F)c(Cn2nc(-c3nccc(Nc4ccncc4C(=O)NCCSC)n3)c(C)c2C2CC2)c(F)c1. The quantitative estimate of drug-likeness (QED) is 0.213. The second-order valence-electron chi connectivity index (χ2n) is 9.65. The highest BCUT2D eigenvalue weighted by Gasteiger charge is 2.32. The van der Waals surface area contributed by atoms with Crippen molar-refractivity contribution >= 4 is 29.2 Å². The summed E-state index contributed by atoms with van der Waals surface area (Å²) in [6.07, 6.45) is 8.64. The van der Waals surface area contributed by atoms with Gasteiger partial charge in [-0.15, -0.1) is 0 Å². The van der Waals surface area contributed by atoms with E-state index in [2.05, 4.69) is 25.6 Å². The number of carbonyl (C=O) groups excluding carboxylic acids is 1. The Hall–Kier alpha value is -4.06. The average molecular weight is 580 g/mol. The molecule has 2 N–H and O–H groups in total. The molecule has 1 amide bonds. The molecule has 0 aliphatic heterocycles. The Morgan fingerprint density at radius 1 is 1.20 bits per heavy atom. The third kappa shape index (κ3) is 6.48. The fourth-order valence-electron chi connectivity index (χ4n) is 4.63. The molecule has 0 radical (unpaired) electrons. The van der Waals surface area contributed by atoms with E-state index in [1.54, 1.807) is 47.9 Å². The van der Waals surface area contributed by atoms with Gasteiger partial charge in [0.25, 0.3) is 5.91 Å². The van der Waals surface area contributed by atoms with Crippen LogP contribution < -0.4 is 15.4 Å². The Morgan fingerprint density at radius 2 is 1.98 bits per heavy atom. The minimum absolute atomic E-state index is 0.0687. The topological polar surface area (TPSA) is 107 Å². The van der Waals surface area contributed by atoms with Gasteiger partial charge in [0.1, 0.15) is 28.9 Å². The highest BCUT2D eigenvalue weighted by molar-refractivity contribution is 7.98. The van der Waals surface area contributed by atoms with Crippen LogP contribution in [-0.2, 0) is 6.54 Å². The normalized spacial score (nSPS) is 12.8. The first kappa shape index (κ1) is 28.5. The van der Waals surface area contributed by atoms with Gasteiger partial charge in [0.05, 0.1) is 24.4 Å². The van der Waals surface area contributed by atoms with Crippen LogP contribution >= 0.6 is 11.8 Å². The highest BCUT2D eigenvalue weighted by atomic mass is 32.2. The molecule has 3 aromatic heterocycles. The van der Waals surface area contributed by atoms with Crippen LogP contribution in [0.4, 0.5) is 20.3 Å². The molecule has 0 atom stereocenters. The maximum Gasteiger partial charge on any atom is 0.254 e. The average Bonchev–Trinajstić information content (AvgIpc) is 3.74. The van der Waals surface area contributed by atoms with Gasteiger partial charge in [-0.2, -0.15) is 16.9 Å². The molecule has 41 heavy (non-hydrogen) atoms. The van der Waals surface area contributed by atoms with Crippen molar-refractivity contribution in [2.24, 2.45) is 0 Å². The maximum atomic E-state index is 14.9. The number of nitrogens with one attached hydrogen (secondary N) is 2. The first-order chi connectivity index (χ1) is 19.9. The van der Waals surface area contributed by atoms with E-state index in [0.717, 1.165) is 29.9 Å². The minimum Gasteiger partial charge on any atom is -0.494 e. The van der Waals surface area contributed by atoms with Crippen LogP contribution in [-0.4, -0.2) is 55.8 Å². The van der Waals surface area contributed by atoms with E-state index < -0.39 is 11.6 Å². The number of amides is 1. The van der Waals surface area contributed by atoms with E-state index in [1.165, 1.54) is 18.3 Å². The van der Waals surface area contributed by atoms with Gasteiger partial charge in [0.15, 0.2) is 5.82 Å². The van der Waals surface area contributed by atoms with Crippen molar-refractivity contribution < 1.29 is 18.3 Å². The van der Waals surface area contributed by atoms with Crippen molar-refractivity contribution in [1.29, 1.82) is 0 Å². The number of pyridine rings is 1. The summed E-state index contributed by atoms with van der Waals surface area (Å²) < 4.78 is 36.7. The molecule has 1 aliphatic carbocycles. The largest absolute Gasteiger partial charge is 0.494 e. The van der Waals surface area contributed by atoms with Gasteiger partial charge in [0, 0.05) is 65.8 Å². The number of carbonyl (C=O) groups is 1. The van der Waals surface area contributed by atoms with Crippen LogP contribution in [0.2, 0.25) is 0 Å². The van der Waals surface area contributed by atoms with Gasteiger partial charge in [-0.25, -0.2) is 18.7 Å². The zero-order valence-corrected chi connectivity index (χ0v) is 23.9. The third-order valence-corrected chi connectivity index (χ3v) is 7.34. The number of thioether (sulfide) groups is 1. The summed E-state index contributed by atoms with van der Waals surface area (Å²) in [5.41, 5.74) is 3.19. The molecule has 1 aliphatic rings. The van der Waals surface area contributed by atoms with Crippen molar-refractivity contribution in [3.63, 3.8) is 0 Å². The molecular weight excluding hydrogens is 548 g/mol. The van der Waals surface area contributed by atoms with Gasteiger partial charge in [-0.3, -0.25) is 14.5 Å².